The van der Waals surface area contributed by atoms with Crippen molar-refractivity contribution in [1.82, 2.24) is 4.98 Å². The topological polar surface area (TPSA) is 81.8 Å². The minimum Gasteiger partial charge on any atom is -0.480 e. The van der Waals surface area contributed by atoms with Crippen molar-refractivity contribution in [2.24, 2.45) is 0 Å². The van der Waals surface area contributed by atoms with Gasteiger partial charge in [-0.05, 0) is 18.2 Å². The molecule has 2 aromatic rings. The molecule has 0 radical (unpaired) electrons. The Morgan fingerprint density at radius 2 is 2.00 bits per heavy atom. The maximum atomic E-state index is 13.6. The molecule has 0 saturated carbocycles. The number of anilines is 1. The number of hydrogen-bond acceptors (Lipinski definition) is 5. The number of aromatic nitrogens is 1. The highest BCUT2D eigenvalue weighted by Gasteiger charge is 2.14. The molecule has 108 valence electrons. The first-order valence-corrected chi connectivity index (χ1v) is 6.27. The molecule has 0 saturated heterocycles. The molecule has 0 bridgehead atoms. The molecule has 2 rings (SSSR count). The number of halogens is 1. The van der Waals surface area contributed by atoms with Gasteiger partial charge in [0.1, 0.15) is 17.3 Å². The van der Waals surface area contributed by atoms with Gasteiger partial charge in [0.2, 0.25) is 5.90 Å². The minimum absolute atomic E-state index is 0.0818. The van der Waals surface area contributed by atoms with E-state index < -0.39 is 0 Å². The van der Waals surface area contributed by atoms with Crippen molar-refractivity contribution in [1.29, 1.82) is 10.8 Å². The van der Waals surface area contributed by atoms with Crippen molar-refractivity contribution in [2.45, 2.75) is 6.54 Å². The van der Waals surface area contributed by atoms with E-state index in [1.165, 1.54) is 13.2 Å². The highest BCUT2D eigenvalue weighted by Crippen LogP contribution is 2.15. The summed E-state index contributed by atoms with van der Waals surface area (Å²) in [6, 6.07) is 9.77. The lowest BCUT2D eigenvalue weighted by Gasteiger charge is -2.12. The molecular weight excluding hydrogens is 271 g/mol. The van der Waals surface area contributed by atoms with Gasteiger partial charge in [-0.3, -0.25) is 10.8 Å². The van der Waals surface area contributed by atoms with Crippen LogP contribution in [-0.4, -0.2) is 23.7 Å². The van der Waals surface area contributed by atoms with Crippen LogP contribution < -0.4 is 5.32 Å². The second-order valence-corrected chi connectivity index (χ2v) is 4.25. The van der Waals surface area contributed by atoms with Gasteiger partial charge in [-0.15, -0.1) is 0 Å². The van der Waals surface area contributed by atoms with Gasteiger partial charge in [0.15, 0.2) is 0 Å². The first-order chi connectivity index (χ1) is 10.1. The molecule has 5 nitrogen and oxygen atoms in total. The highest BCUT2D eigenvalue weighted by atomic mass is 19.1. The predicted molar refractivity (Wildman–Crippen MR) is 79.5 cm³/mol. The average Bonchev–Trinajstić information content (AvgIpc) is 2.53. The fourth-order valence-electron chi connectivity index (χ4n) is 1.79. The number of pyridine rings is 1. The molecule has 0 fully saturated rings. The summed E-state index contributed by atoms with van der Waals surface area (Å²) in [5.74, 6) is -0.147. The smallest absolute Gasteiger partial charge is 0.232 e. The molecule has 0 aliphatic rings. The Labute approximate surface area is 121 Å². The van der Waals surface area contributed by atoms with Crippen molar-refractivity contribution >= 4 is 17.4 Å². The monoisotopic (exact) mass is 286 g/mol. The zero-order chi connectivity index (χ0) is 15.2. The number of hydrogen-bond donors (Lipinski definition) is 3. The fraction of sp³-hybridized carbons (Fsp3) is 0.133. The van der Waals surface area contributed by atoms with Gasteiger partial charge < -0.3 is 10.1 Å². The summed E-state index contributed by atoms with van der Waals surface area (Å²) in [5, 5.41) is 18.4. The van der Waals surface area contributed by atoms with Crippen LogP contribution in [0.2, 0.25) is 0 Å². The van der Waals surface area contributed by atoms with Gasteiger partial charge in [0, 0.05) is 23.9 Å². The summed E-state index contributed by atoms with van der Waals surface area (Å²) >= 11 is 0. The first-order valence-electron chi connectivity index (χ1n) is 6.27. The SMILES string of the molecule is COC(=N)C(=N)c1cccnc1NCc1ccccc1F. The highest BCUT2D eigenvalue weighted by molar-refractivity contribution is 6.44. The van der Waals surface area contributed by atoms with Crippen molar-refractivity contribution in [3.8, 4) is 0 Å². The number of methoxy groups -OCH3 is 1. The Kier molecular flexibility index (Phi) is 4.61. The lowest BCUT2D eigenvalue weighted by atomic mass is 10.1. The molecule has 3 N–H and O–H groups in total. The zero-order valence-electron chi connectivity index (χ0n) is 11.5. The Bertz CT molecular complexity index is 672. The zero-order valence-corrected chi connectivity index (χ0v) is 11.5. The van der Waals surface area contributed by atoms with Crippen molar-refractivity contribution in [3.05, 3.63) is 59.5 Å². The van der Waals surface area contributed by atoms with Crippen LogP contribution in [-0.2, 0) is 11.3 Å². The quantitative estimate of drug-likeness (QED) is 0.584. The minimum atomic E-state index is -0.304. The van der Waals surface area contributed by atoms with E-state index in [2.05, 4.69) is 10.3 Å². The van der Waals surface area contributed by atoms with E-state index in [0.29, 0.717) is 16.9 Å². The van der Waals surface area contributed by atoms with Crippen LogP contribution in [0.5, 0.6) is 0 Å². The molecular formula is C15H15FN4O. The van der Waals surface area contributed by atoms with Crippen molar-refractivity contribution < 1.29 is 9.13 Å². The third-order valence-corrected chi connectivity index (χ3v) is 2.91. The molecule has 0 amide bonds. The van der Waals surface area contributed by atoms with Gasteiger partial charge >= 0.3 is 0 Å². The molecule has 0 aliphatic carbocycles. The molecule has 0 atom stereocenters. The molecule has 21 heavy (non-hydrogen) atoms. The van der Waals surface area contributed by atoms with Crippen LogP contribution in [0.15, 0.2) is 42.6 Å². The maximum absolute atomic E-state index is 13.6. The predicted octanol–water partition coefficient (Wildman–Crippen LogP) is 2.82. The average molecular weight is 286 g/mol. The normalized spacial score (nSPS) is 10.0. The first kappa shape index (κ1) is 14.6. The second-order valence-electron chi connectivity index (χ2n) is 4.25. The summed E-state index contributed by atoms with van der Waals surface area (Å²) in [6.07, 6.45) is 1.57. The second kappa shape index (κ2) is 6.60. The van der Waals surface area contributed by atoms with Crippen LogP contribution in [0.4, 0.5) is 10.2 Å². The Morgan fingerprint density at radius 1 is 1.24 bits per heavy atom. The molecule has 0 aliphatic heterocycles. The molecule has 1 aromatic heterocycles. The number of rotatable bonds is 5. The Balaban J connectivity index is 2.19. The third-order valence-electron chi connectivity index (χ3n) is 2.91. The summed E-state index contributed by atoms with van der Waals surface area (Å²) in [7, 11) is 1.33. The molecule has 6 heteroatoms. The lowest BCUT2D eigenvalue weighted by molar-refractivity contribution is 0.407. The van der Waals surface area contributed by atoms with Gasteiger partial charge in [-0.2, -0.15) is 0 Å². The van der Waals surface area contributed by atoms with Gasteiger partial charge in [0.25, 0.3) is 0 Å². The van der Waals surface area contributed by atoms with E-state index in [-0.39, 0.29) is 24.0 Å². The Hall–Kier alpha value is -2.76. The van der Waals surface area contributed by atoms with Crippen LogP contribution in [0.1, 0.15) is 11.1 Å². The van der Waals surface area contributed by atoms with Crippen LogP contribution in [0.3, 0.4) is 0 Å². The molecule has 0 spiro atoms. The van der Waals surface area contributed by atoms with Crippen molar-refractivity contribution in [2.75, 3.05) is 12.4 Å². The van der Waals surface area contributed by atoms with E-state index in [9.17, 15) is 4.39 Å². The summed E-state index contributed by atoms with van der Waals surface area (Å²) in [5.41, 5.74) is 0.852. The number of nitrogens with zero attached hydrogens (tertiary/aromatic N) is 1. The molecule has 0 unspecified atom stereocenters. The van der Waals surface area contributed by atoms with Crippen molar-refractivity contribution in [3.63, 3.8) is 0 Å². The molecule has 1 aromatic carbocycles. The van der Waals surface area contributed by atoms with E-state index >= 15 is 0 Å². The number of nitrogens with one attached hydrogen (secondary N) is 3. The largest absolute Gasteiger partial charge is 0.480 e. The van der Waals surface area contributed by atoms with E-state index in [1.807, 2.05) is 0 Å². The number of benzene rings is 1. The van der Waals surface area contributed by atoms with Crippen LogP contribution in [0.25, 0.3) is 0 Å². The maximum Gasteiger partial charge on any atom is 0.232 e. The third kappa shape index (κ3) is 3.42. The summed E-state index contributed by atoms with van der Waals surface area (Å²) in [4.78, 5) is 4.13. The van der Waals surface area contributed by atoms with E-state index in [1.54, 1.807) is 36.5 Å². The van der Waals surface area contributed by atoms with Gasteiger partial charge in [0.05, 0.1) is 7.11 Å². The van der Waals surface area contributed by atoms with E-state index in [4.69, 9.17) is 15.6 Å². The van der Waals surface area contributed by atoms with E-state index in [0.717, 1.165) is 0 Å². The fourth-order valence-corrected chi connectivity index (χ4v) is 1.79. The standard InChI is InChI=1S/C15H15FN4O/c1-21-14(18)13(17)11-6-4-8-19-15(11)20-9-10-5-2-3-7-12(10)16/h2-8,17-18H,9H2,1H3,(H,19,20). The number of ether oxygens (including phenoxy) is 1. The Morgan fingerprint density at radius 3 is 2.71 bits per heavy atom. The molecule has 1 heterocycles. The van der Waals surface area contributed by atoms with Crippen LogP contribution >= 0.6 is 0 Å². The summed E-state index contributed by atoms with van der Waals surface area (Å²) in [6.45, 7) is 0.240. The van der Waals surface area contributed by atoms with Gasteiger partial charge in [-0.1, -0.05) is 18.2 Å². The summed E-state index contributed by atoms with van der Waals surface area (Å²) < 4.78 is 18.3. The van der Waals surface area contributed by atoms with Crippen LogP contribution in [0, 0.1) is 16.6 Å². The lowest BCUT2D eigenvalue weighted by Crippen LogP contribution is -2.18. The van der Waals surface area contributed by atoms with Gasteiger partial charge in [-0.25, -0.2) is 9.37 Å².